The van der Waals surface area contributed by atoms with Crippen LogP contribution in [0.15, 0.2) is 24.3 Å². The van der Waals surface area contributed by atoms with E-state index in [4.69, 9.17) is 9.47 Å². The summed E-state index contributed by atoms with van der Waals surface area (Å²) in [5.74, 6) is -1.14. The van der Waals surface area contributed by atoms with Crippen LogP contribution in [-0.4, -0.2) is 75.0 Å². The third-order valence-corrected chi connectivity index (χ3v) is 5.63. The van der Waals surface area contributed by atoms with Crippen molar-refractivity contribution in [1.29, 1.82) is 0 Å². The lowest BCUT2D eigenvalue weighted by Crippen LogP contribution is -2.65. The average molecular weight is 395 g/mol. The summed E-state index contributed by atoms with van der Waals surface area (Å²) in [5, 5.41) is 20.1. The molecule has 1 saturated heterocycles. The van der Waals surface area contributed by atoms with Crippen molar-refractivity contribution in [1.82, 2.24) is 4.90 Å². The molecule has 0 spiro atoms. The van der Waals surface area contributed by atoms with Crippen molar-refractivity contribution in [3.05, 3.63) is 35.4 Å². The zero-order valence-corrected chi connectivity index (χ0v) is 15.7. The lowest BCUT2D eigenvalue weighted by atomic mass is 9.96. The minimum Gasteiger partial charge on any atom is -0.457 e. The Morgan fingerprint density at radius 3 is 2.33 bits per heavy atom. The lowest BCUT2D eigenvalue weighted by molar-refractivity contribution is -0.201. The molecule has 3 rings (SSSR count). The van der Waals surface area contributed by atoms with Crippen molar-refractivity contribution in [3.63, 3.8) is 0 Å². The predicted octanol–water partition coefficient (Wildman–Crippen LogP) is 0.414. The van der Waals surface area contributed by atoms with Gasteiger partial charge in [-0.25, -0.2) is 0 Å². The van der Waals surface area contributed by atoms with Crippen molar-refractivity contribution >= 4 is 29.5 Å². The molecule has 5 atom stereocenters. The number of ether oxygens (including phenoxy) is 2. The highest BCUT2D eigenvalue weighted by Gasteiger charge is 2.54. The van der Waals surface area contributed by atoms with Crippen LogP contribution >= 0.6 is 11.8 Å². The van der Waals surface area contributed by atoms with Gasteiger partial charge in [-0.05, 0) is 17.9 Å². The number of benzene rings is 1. The predicted molar refractivity (Wildman–Crippen MR) is 96.2 cm³/mol. The summed E-state index contributed by atoms with van der Waals surface area (Å²) in [6.45, 7) is 2.55. The number of rotatable bonds is 5. The number of nitrogens with zero attached hydrogens (tertiary/aromatic N) is 1. The molecule has 2 aliphatic heterocycles. The average Bonchev–Trinajstić information content (AvgIpc) is 2.89. The van der Waals surface area contributed by atoms with Gasteiger partial charge in [0.05, 0.1) is 17.7 Å². The minimum absolute atomic E-state index is 0.253. The fourth-order valence-corrected chi connectivity index (χ4v) is 4.46. The molecule has 1 aromatic carbocycles. The van der Waals surface area contributed by atoms with Crippen LogP contribution in [0.2, 0.25) is 0 Å². The van der Waals surface area contributed by atoms with E-state index in [0.717, 1.165) is 4.90 Å². The van der Waals surface area contributed by atoms with E-state index in [1.165, 1.54) is 18.7 Å². The minimum atomic E-state index is -1.39. The van der Waals surface area contributed by atoms with Crippen molar-refractivity contribution in [2.24, 2.45) is 0 Å². The van der Waals surface area contributed by atoms with Crippen molar-refractivity contribution in [2.75, 3.05) is 12.4 Å². The third-order valence-electron chi connectivity index (χ3n) is 4.58. The topological polar surface area (TPSA) is 113 Å². The molecule has 0 radical (unpaired) electrons. The van der Waals surface area contributed by atoms with Crippen LogP contribution in [0.25, 0.3) is 0 Å². The van der Waals surface area contributed by atoms with Crippen LogP contribution in [0, 0.1) is 0 Å². The Kier molecular flexibility index (Phi) is 5.85. The Balaban J connectivity index is 2.04. The van der Waals surface area contributed by atoms with Crippen LogP contribution in [0.3, 0.4) is 0 Å². The van der Waals surface area contributed by atoms with Crippen molar-refractivity contribution in [2.45, 2.75) is 43.6 Å². The van der Waals surface area contributed by atoms with Gasteiger partial charge >= 0.3 is 5.97 Å². The van der Waals surface area contributed by atoms with Gasteiger partial charge in [0, 0.05) is 6.92 Å². The van der Waals surface area contributed by atoms with E-state index in [0.29, 0.717) is 5.75 Å². The van der Waals surface area contributed by atoms with Gasteiger partial charge in [-0.1, -0.05) is 19.1 Å². The molecule has 0 unspecified atom stereocenters. The van der Waals surface area contributed by atoms with E-state index in [1.807, 2.05) is 6.92 Å². The molecule has 146 valence electrons. The number of fused-ring (bicyclic) bond motifs is 1. The first-order valence-corrected chi connectivity index (χ1v) is 9.65. The standard InChI is InChI=1S/C18H21NO7S/c1-3-27-18-13(15(25-9(2)21)14(22)12(8-20)26-18)19-16(23)10-6-4-5-7-11(10)17(19)24/h4-7,12-15,18,20,22H,3,8H2,1-2H3/t12-,13-,14-,15-,18+/m1/s1. The Bertz CT molecular complexity index is 720. The molecule has 27 heavy (non-hydrogen) atoms. The maximum absolute atomic E-state index is 12.9. The number of hydrogen-bond acceptors (Lipinski definition) is 8. The number of amides is 2. The number of aliphatic hydroxyl groups excluding tert-OH is 2. The van der Waals surface area contributed by atoms with E-state index >= 15 is 0 Å². The summed E-state index contributed by atoms with van der Waals surface area (Å²) >= 11 is 1.30. The smallest absolute Gasteiger partial charge is 0.303 e. The molecule has 0 saturated carbocycles. The van der Waals surface area contributed by atoms with Gasteiger partial charge in [0.2, 0.25) is 0 Å². The number of aliphatic hydroxyl groups is 2. The zero-order valence-electron chi connectivity index (χ0n) is 14.9. The van der Waals surface area contributed by atoms with Gasteiger partial charge < -0.3 is 19.7 Å². The molecule has 8 nitrogen and oxygen atoms in total. The lowest BCUT2D eigenvalue weighted by Gasteiger charge is -2.46. The van der Waals surface area contributed by atoms with Gasteiger partial charge in [-0.3, -0.25) is 19.3 Å². The Labute approximate surface area is 160 Å². The molecule has 2 N–H and O–H groups in total. The Hall–Kier alpha value is -1.94. The van der Waals surface area contributed by atoms with Gasteiger partial charge in [0.15, 0.2) is 6.10 Å². The molecular formula is C18H21NO7S. The molecule has 0 aromatic heterocycles. The second kappa shape index (κ2) is 7.97. The van der Waals surface area contributed by atoms with Crippen LogP contribution in [-0.2, 0) is 14.3 Å². The summed E-state index contributed by atoms with van der Waals surface area (Å²) in [7, 11) is 0. The molecular weight excluding hydrogens is 374 g/mol. The highest BCUT2D eigenvalue weighted by atomic mass is 32.2. The molecule has 9 heteroatoms. The second-order valence-electron chi connectivity index (χ2n) is 6.26. The monoisotopic (exact) mass is 395 g/mol. The van der Waals surface area contributed by atoms with Gasteiger partial charge in [-0.2, -0.15) is 0 Å². The van der Waals surface area contributed by atoms with Crippen LogP contribution < -0.4 is 0 Å². The summed E-state index contributed by atoms with van der Waals surface area (Å²) in [5.41, 5.74) is -0.256. The van der Waals surface area contributed by atoms with E-state index in [9.17, 15) is 24.6 Å². The van der Waals surface area contributed by atoms with Crippen LogP contribution in [0.4, 0.5) is 0 Å². The number of thioether (sulfide) groups is 1. The molecule has 2 heterocycles. The summed E-state index contributed by atoms with van der Waals surface area (Å²) in [4.78, 5) is 38.5. The fraction of sp³-hybridized carbons (Fsp3) is 0.500. The quantitative estimate of drug-likeness (QED) is 0.545. The fourth-order valence-electron chi connectivity index (χ4n) is 3.43. The van der Waals surface area contributed by atoms with E-state index in [-0.39, 0.29) is 11.1 Å². The maximum atomic E-state index is 12.9. The second-order valence-corrected chi connectivity index (χ2v) is 7.64. The first kappa shape index (κ1) is 19.8. The largest absolute Gasteiger partial charge is 0.457 e. The van der Waals surface area contributed by atoms with Crippen LogP contribution in [0.1, 0.15) is 34.6 Å². The van der Waals surface area contributed by atoms with E-state index < -0.39 is 54.2 Å². The maximum Gasteiger partial charge on any atom is 0.303 e. The molecule has 2 amide bonds. The zero-order chi connectivity index (χ0) is 19.7. The normalized spacial score (nSPS) is 30.4. The molecule has 2 aliphatic rings. The number of carbonyl (C=O) groups is 3. The SMILES string of the molecule is CCS[C@@H]1O[C@H](CO)[C@@H](O)[C@H](OC(C)=O)[C@H]1N1C(=O)c2ccccc2C1=O. The van der Waals surface area contributed by atoms with Gasteiger partial charge in [0.1, 0.15) is 23.7 Å². The van der Waals surface area contributed by atoms with E-state index in [2.05, 4.69) is 0 Å². The Morgan fingerprint density at radius 1 is 1.26 bits per heavy atom. The summed E-state index contributed by atoms with van der Waals surface area (Å²) in [6, 6.07) is 5.39. The molecule has 0 aliphatic carbocycles. The van der Waals surface area contributed by atoms with E-state index in [1.54, 1.807) is 24.3 Å². The van der Waals surface area contributed by atoms with Gasteiger partial charge in [-0.15, -0.1) is 11.8 Å². The van der Waals surface area contributed by atoms with Crippen molar-refractivity contribution < 1.29 is 34.1 Å². The number of esters is 1. The number of imide groups is 1. The van der Waals surface area contributed by atoms with Crippen LogP contribution in [0.5, 0.6) is 0 Å². The Morgan fingerprint density at radius 2 is 1.85 bits per heavy atom. The number of hydrogen-bond donors (Lipinski definition) is 2. The summed E-state index contributed by atoms with van der Waals surface area (Å²) in [6.07, 6.45) is -3.59. The summed E-state index contributed by atoms with van der Waals surface area (Å²) < 4.78 is 11.0. The molecule has 1 fully saturated rings. The molecule has 0 bridgehead atoms. The molecule has 1 aromatic rings. The highest BCUT2D eigenvalue weighted by Crippen LogP contribution is 2.37. The van der Waals surface area contributed by atoms with Gasteiger partial charge in [0.25, 0.3) is 11.8 Å². The first-order chi connectivity index (χ1) is 12.9. The first-order valence-electron chi connectivity index (χ1n) is 8.60. The highest BCUT2D eigenvalue weighted by molar-refractivity contribution is 7.99. The number of carbonyl (C=O) groups excluding carboxylic acids is 3. The third kappa shape index (κ3) is 3.47. The van der Waals surface area contributed by atoms with Crippen molar-refractivity contribution in [3.8, 4) is 0 Å².